The maximum absolute atomic E-state index is 12.9. The number of ether oxygens (including phenoxy) is 3. The number of allylic oxidation sites excluding steroid dienone is 10. The van der Waals surface area contributed by atoms with Gasteiger partial charge in [-0.1, -0.05) is 242 Å². The van der Waals surface area contributed by atoms with Gasteiger partial charge in [0.15, 0.2) is 6.10 Å². The van der Waals surface area contributed by atoms with Crippen LogP contribution in [0.4, 0.5) is 0 Å². The number of phosphoric acid groups is 1. The first kappa shape index (κ1) is 73.2. The minimum absolute atomic E-state index is 0.156. The fourth-order valence-electron chi connectivity index (χ4n) is 8.63. The lowest BCUT2D eigenvalue weighted by Gasteiger charge is -2.21. The SMILES string of the molecule is CCCCC/C=C\C/C=C\C/C=C\CCCCCCCCC(=O)OCC(COP(=O)(O)OCC(CO)OC(=O)CCCCCCCCCCCCCCC)OC(=O)CCCCCCCCC/C=C\C/C=C\CCCCC. The lowest BCUT2D eigenvalue weighted by Crippen LogP contribution is -2.30. The summed E-state index contributed by atoms with van der Waals surface area (Å²) in [6, 6.07) is 0. The lowest BCUT2D eigenvalue weighted by atomic mass is 10.0. The number of phosphoric ester groups is 1. The fraction of sp³-hybridized carbons (Fsp3) is 0.797. The molecule has 0 aliphatic carbocycles. The first-order chi connectivity index (χ1) is 37.2. The van der Waals surface area contributed by atoms with Crippen LogP contribution in [0.2, 0.25) is 0 Å². The standard InChI is InChI=1S/C64H115O11P/c1-4-7-10-13-16-19-22-25-27-29-30-32-33-36-38-41-44-47-50-53-62(66)71-57-61(75-64(68)55-52-49-46-43-40-37-34-31-28-26-23-20-17-14-11-8-5-2)59-73-76(69,70)72-58-60(56-65)74-63(67)54-51-48-45-42-39-35-24-21-18-15-12-9-6-3/h16-17,19-20,25-28,30,32,60-61,65H,4-15,18,21-24,29,31,33-59H2,1-3H3,(H,69,70)/b19-16-,20-17-,27-25-,28-26-,32-30-. The van der Waals surface area contributed by atoms with E-state index in [1.54, 1.807) is 0 Å². The summed E-state index contributed by atoms with van der Waals surface area (Å²) in [7, 11) is -4.75. The molecular formula is C64H115O11P. The van der Waals surface area contributed by atoms with Crippen LogP contribution in [0, 0.1) is 0 Å². The minimum atomic E-state index is -4.75. The molecule has 0 heterocycles. The summed E-state index contributed by atoms with van der Waals surface area (Å²) in [6.07, 6.45) is 64.5. The molecule has 0 rings (SSSR count). The quantitative estimate of drug-likeness (QED) is 0.0197. The van der Waals surface area contributed by atoms with E-state index in [1.165, 1.54) is 122 Å². The molecule has 3 unspecified atom stereocenters. The predicted octanol–water partition coefficient (Wildman–Crippen LogP) is 18.7. The van der Waals surface area contributed by atoms with Crippen LogP contribution in [-0.2, 0) is 42.2 Å². The van der Waals surface area contributed by atoms with Crippen LogP contribution in [-0.4, -0.2) is 66.5 Å². The van der Waals surface area contributed by atoms with Gasteiger partial charge in [-0.15, -0.1) is 0 Å². The second kappa shape index (κ2) is 58.3. The van der Waals surface area contributed by atoms with E-state index in [-0.39, 0.29) is 25.9 Å². The number of rotatable bonds is 58. The highest BCUT2D eigenvalue weighted by atomic mass is 31.2. The molecule has 0 aliphatic rings. The van der Waals surface area contributed by atoms with E-state index in [0.29, 0.717) is 19.3 Å². The molecule has 0 fully saturated rings. The average molecular weight is 1090 g/mol. The third kappa shape index (κ3) is 55.9. The Kier molecular flexibility index (Phi) is 56.2. The van der Waals surface area contributed by atoms with Crippen molar-refractivity contribution in [3.63, 3.8) is 0 Å². The van der Waals surface area contributed by atoms with E-state index in [1.807, 2.05) is 0 Å². The van der Waals surface area contributed by atoms with Gasteiger partial charge in [-0.2, -0.15) is 0 Å². The van der Waals surface area contributed by atoms with Gasteiger partial charge in [0, 0.05) is 19.3 Å². The van der Waals surface area contributed by atoms with Crippen molar-refractivity contribution >= 4 is 25.7 Å². The largest absolute Gasteiger partial charge is 0.472 e. The fourth-order valence-corrected chi connectivity index (χ4v) is 9.41. The molecule has 0 saturated carbocycles. The molecule has 442 valence electrons. The van der Waals surface area contributed by atoms with Crippen LogP contribution in [0.25, 0.3) is 0 Å². The molecule has 76 heavy (non-hydrogen) atoms. The third-order valence-corrected chi connectivity index (χ3v) is 14.4. The van der Waals surface area contributed by atoms with Crippen molar-refractivity contribution in [3.05, 3.63) is 60.8 Å². The molecule has 2 N–H and O–H groups in total. The van der Waals surface area contributed by atoms with Gasteiger partial charge < -0.3 is 24.2 Å². The Bertz CT molecular complexity index is 1510. The van der Waals surface area contributed by atoms with Crippen molar-refractivity contribution in [3.8, 4) is 0 Å². The molecule has 0 aromatic heterocycles. The number of esters is 3. The maximum atomic E-state index is 12.9. The molecular weight excluding hydrogens is 976 g/mol. The second-order valence-corrected chi connectivity index (χ2v) is 22.3. The molecule has 0 aromatic carbocycles. The number of hydrogen-bond acceptors (Lipinski definition) is 10. The first-order valence-electron chi connectivity index (χ1n) is 31.2. The normalized spacial score (nSPS) is 13.7. The van der Waals surface area contributed by atoms with Crippen molar-refractivity contribution < 1.29 is 52.2 Å². The Morgan fingerprint density at radius 1 is 0.368 bits per heavy atom. The summed E-state index contributed by atoms with van der Waals surface area (Å²) >= 11 is 0. The van der Waals surface area contributed by atoms with E-state index in [0.717, 1.165) is 109 Å². The number of hydrogen-bond donors (Lipinski definition) is 2. The molecule has 0 saturated heterocycles. The molecule has 0 amide bonds. The van der Waals surface area contributed by atoms with Crippen LogP contribution < -0.4 is 0 Å². The highest BCUT2D eigenvalue weighted by Crippen LogP contribution is 2.43. The molecule has 0 radical (unpaired) electrons. The van der Waals surface area contributed by atoms with Crippen molar-refractivity contribution in [2.24, 2.45) is 0 Å². The Labute approximate surface area is 465 Å². The second-order valence-electron chi connectivity index (χ2n) is 20.9. The maximum Gasteiger partial charge on any atom is 0.472 e. The zero-order valence-electron chi connectivity index (χ0n) is 49.0. The van der Waals surface area contributed by atoms with Crippen LogP contribution in [0.1, 0.15) is 290 Å². The molecule has 0 bridgehead atoms. The summed E-state index contributed by atoms with van der Waals surface area (Å²) < 4.78 is 39.6. The third-order valence-electron chi connectivity index (χ3n) is 13.4. The number of carbonyl (C=O) groups excluding carboxylic acids is 3. The van der Waals surface area contributed by atoms with Gasteiger partial charge in [0.2, 0.25) is 0 Å². The molecule has 3 atom stereocenters. The topological polar surface area (TPSA) is 155 Å². The molecule has 0 aliphatic heterocycles. The van der Waals surface area contributed by atoms with Crippen LogP contribution in [0.3, 0.4) is 0 Å². The van der Waals surface area contributed by atoms with E-state index in [4.69, 9.17) is 23.3 Å². The van der Waals surface area contributed by atoms with E-state index in [9.17, 15) is 28.9 Å². The summed E-state index contributed by atoms with van der Waals surface area (Å²) in [5.74, 6) is -1.47. The number of unbranched alkanes of at least 4 members (excludes halogenated alkanes) is 31. The first-order valence-corrected chi connectivity index (χ1v) is 32.7. The van der Waals surface area contributed by atoms with Gasteiger partial charge in [0.25, 0.3) is 0 Å². The van der Waals surface area contributed by atoms with Crippen molar-refractivity contribution in [1.82, 2.24) is 0 Å². The Balaban J connectivity index is 4.73. The van der Waals surface area contributed by atoms with Gasteiger partial charge >= 0.3 is 25.7 Å². The van der Waals surface area contributed by atoms with Gasteiger partial charge in [-0.25, -0.2) is 4.57 Å². The van der Waals surface area contributed by atoms with E-state index >= 15 is 0 Å². The number of aliphatic hydroxyl groups is 1. The van der Waals surface area contributed by atoms with Gasteiger partial charge in [-0.3, -0.25) is 23.4 Å². The zero-order chi connectivity index (χ0) is 55.5. The van der Waals surface area contributed by atoms with E-state index in [2.05, 4.69) is 81.5 Å². The van der Waals surface area contributed by atoms with Crippen molar-refractivity contribution in [2.45, 2.75) is 303 Å². The molecule has 0 aromatic rings. The van der Waals surface area contributed by atoms with Crippen molar-refractivity contribution in [2.75, 3.05) is 26.4 Å². The Hall–Kier alpha value is -2.82. The van der Waals surface area contributed by atoms with Crippen LogP contribution in [0.5, 0.6) is 0 Å². The number of carbonyl (C=O) groups is 3. The molecule has 11 nitrogen and oxygen atoms in total. The van der Waals surface area contributed by atoms with Gasteiger partial charge in [0.05, 0.1) is 19.8 Å². The lowest BCUT2D eigenvalue weighted by molar-refractivity contribution is -0.161. The smallest absolute Gasteiger partial charge is 0.462 e. The van der Waals surface area contributed by atoms with E-state index < -0.39 is 57.8 Å². The number of aliphatic hydroxyl groups excluding tert-OH is 1. The van der Waals surface area contributed by atoms with Crippen LogP contribution in [0.15, 0.2) is 60.8 Å². The minimum Gasteiger partial charge on any atom is -0.462 e. The van der Waals surface area contributed by atoms with Crippen LogP contribution >= 0.6 is 7.82 Å². The van der Waals surface area contributed by atoms with Gasteiger partial charge in [-0.05, 0) is 89.9 Å². The molecule has 12 heteroatoms. The molecule has 0 spiro atoms. The average Bonchev–Trinajstić information content (AvgIpc) is 3.41. The summed E-state index contributed by atoms with van der Waals surface area (Å²) in [6.45, 7) is 4.61. The summed E-state index contributed by atoms with van der Waals surface area (Å²) in [4.78, 5) is 48.7. The highest BCUT2D eigenvalue weighted by molar-refractivity contribution is 7.47. The Morgan fingerprint density at radius 3 is 1.01 bits per heavy atom. The zero-order valence-corrected chi connectivity index (χ0v) is 49.9. The van der Waals surface area contributed by atoms with Crippen molar-refractivity contribution in [1.29, 1.82) is 0 Å². The monoisotopic (exact) mass is 1090 g/mol. The predicted molar refractivity (Wildman–Crippen MR) is 316 cm³/mol. The highest BCUT2D eigenvalue weighted by Gasteiger charge is 2.28. The van der Waals surface area contributed by atoms with Gasteiger partial charge in [0.1, 0.15) is 12.7 Å². The Morgan fingerprint density at radius 2 is 0.645 bits per heavy atom. The summed E-state index contributed by atoms with van der Waals surface area (Å²) in [5, 5.41) is 9.83. The summed E-state index contributed by atoms with van der Waals surface area (Å²) in [5.41, 5.74) is 0.